The van der Waals surface area contributed by atoms with Crippen LogP contribution < -0.4 is 9.47 Å². The summed E-state index contributed by atoms with van der Waals surface area (Å²) in [5.41, 5.74) is 0.687. The summed E-state index contributed by atoms with van der Waals surface area (Å²) in [6.45, 7) is 7.91. The van der Waals surface area contributed by atoms with E-state index in [0.29, 0.717) is 36.0 Å². The topological polar surface area (TPSA) is 82.1 Å². The van der Waals surface area contributed by atoms with Crippen molar-refractivity contribution >= 4 is 35.0 Å². The van der Waals surface area contributed by atoms with Gasteiger partial charge in [-0.3, -0.25) is 19.3 Å². The summed E-state index contributed by atoms with van der Waals surface area (Å²) in [5, 5.41) is -0.494. The molecule has 29 heavy (non-hydrogen) atoms. The molecule has 1 aromatic rings. The van der Waals surface area contributed by atoms with Crippen molar-refractivity contribution in [2.75, 3.05) is 20.3 Å². The van der Waals surface area contributed by atoms with Gasteiger partial charge < -0.3 is 14.2 Å². The predicted octanol–water partition coefficient (Wildman–Crippen LogP) is 4.11. The summed E-state index contributed by atoms with van der Waals surface area (Å²) in [4.78, 5) is 37.8. The number of amides is 2. The summed E-state index contributed by atoms with van der Waals surface area (Å²) in [5.74, 6) is 0.407. The molecule has 1 saturated heterocycles. The van der Waals surface area contributed by atoms with Crippen LogP contribution in [0.2, 0.25) is 0 Å². The van der Waals surface area contributed by atoms with Crippen molar-refractivity contribution < 1.29 is 28.6 Å². The number of hydrogen-bond donors (Lipinski definition) is 0. The molecule has 158 valence electrons. The van der Waals surface area contributed by atoms with Gasteiger partial charge in [-0.1, -0.05) is 26.8 Å². The van der Waals surface area contributed by atoms with Crippen LogP contribution in [0.15, 0.2) is 23.1 Å². The molecule has 0 unspecified atom stereocenters. The number of rotatable bonds is 9. The highest BCUT2D eigenvalue weighted by Gasteiger charge is 2.36. The van der Waals surface area contributed by atoms with E-state index in [9.17, 15) is 14.4 Å². The Morgan fingerprint density at radius 1 is 1.21 bits per heavy atom. The number of carbonyl (C=O) groups excluding carboxylic acids is 3. The zero-order chi connectivity index (χ0) is 21.6. The largest absolute Gasteiger partial charge is 0.493 e. The zero-order valence-corrected chi connectivity index (χ0v) is 18.2. The summed E-state index contributed by atoms with van der Waals surface area (Å²) in [6, 6.07) is 5.28. The molecule has 2 amide bonds. The van der Waals surface area contributed by atoms with Crippen LogP contribution in [0.1, 0.15) is 39.7 Å². The van der Waals surface area contributed by atoms with Crippen molar-refractivity contribution in [1.82, 2.24) is 4.90 Å². The second-order valence-corrected chi connectivity index (χ2v) is 8.08. The molecule has 0 bridgehead atoms. The van der Waals surface area contributed by atoms with E-state index in [1.54, 1.807) is 31.2 Å². The molecule has 0 aliphatic carbocycles. The molecule has 1 atom stereocenters. The van der Waals surface area contributed by atoms with Crippen LogP contribution in [0, 0.1) is 5.92 Å². The van der Waals surface area contributed by atoms with Crippen LogP contribution >= 0.6 is 11.8 Å². The number of nitrogens with zero attached hydrogens (tertiary/aromatic N) is 1. The van der Waals surface area contributed by atoms with E-state index in [1.165, 1.54) is 7.11 Å². The Hall–Kier alpha value is -2.48. The fourth-order valence-electron chi connectivity index (χ4n) is 2.41. The lowest BCUT2D eigenvalue weighted by Gasteiger charge is -2.15. The third-order valence-electron chi connectivity index (χ3n) is 4.13. The van der Waals surface area contributed by atoms with E-state index in [4.69, 9.17) is 14.2 Å². The number of ether oxygens (including phenoxy) is 3. The molecule has 1 aromatic carbocycles. The van der Waals surface area contributed by atoms with Crippen LogP contribution in [0.25, 0.3) is 6.08 Å². The van der Waals surface area contributed by atoms with Gasteiger partial charge in [0.15, 0.2) is 11.5 Å². The Bertz CT molecular complexity index is 804. The zero-order valence-electron chi connectivity index (χ0n) is 17.4. The summed E-state index contributed by atoms with van der Waals surface area (Å²) < 4.78 is 16.2. The maximum absolute atomic E-state index is 12.6. The van der Waals surface area contributed by atoms with Crippen LogP contribution in [0.5, 0.6) is 11.5 Å². The van der Waals surface area contributed by atoms with Crippen molar-refractivity contribution in [3.05, 3.63) is 28.7 Å². The van der Waals surface area contributed by atoms with Gasteiger partial charge >= 0.3 is 5.97 Å². The monoisotopic (exact) mass is 421 g/mol. The van der Waals surface area contributed by atoms with E-state index in [1.807, 2.05) is 6.92 Å². The van der Waals surface area contributed by atoms with Gasteiger partial charge in [-0.2, -0.15) is 0 Å². The first-order valence-corrected chi connectivity index (χ1v) is 10.3. The van der Waals surface area contributed by atoms with Crippen LogP contribution in [-0.2, 0) is 14.3 Å². The molecule has 8 heteroatoms. The van der Waals surface area contributed by atoms with Gasteiger partial charge in [0.25, 0.3) is 11.1 Å². The van der Waals surface area contributed by atoms with Gasteiger partial charge in [-0.25, -0.2) is 0 Å². The average molecular weight is 422 g/mol. The van der Waals surface area contributed by atoms with Crippen molar-refractivity contribution in [3.8, 4) is 11.5 Å². The second-order valence-electron chi connectivity index (χ2n) is 7.09. The molecule has 0 spiro atoms. The molecule has 0 aromatic heterocycles. The van der Waals surface area contributed by atoms with Gasteiger partial charge in [-0.15, -0.1) is 0 Å². The maximum Gasteiger partial charge on any atom is 0.326 e. The predicted molar refractivity (Wildman–Crippen MR) is 112 cm³/mol. The average Bonchev–Trinajstić information content (AvgIpc) is 2.93. The van der Waals surface area contributed by atoms with E-state index in [-0.39, 0.29) is 11.0 Å². The number of benzene rings is 1. The molecule has 7 nitrogen and oxygen atoms in total. The van der Waals surface area contributed by atoms with Gasteiger partial charge in [0.05, 0.1) is 24.7 Å². The third-order valence-corrected chi connectivity index (χ3v) is 5.03. The molecule has 0 radical (unpaired) electrons. The van der Waals surface area contributed by atoms with Gasteiger partial charge in [0.2, 0.25) is 0 Å². The highest BCUT2D eigenvalue weighted by Crippen LogP contribution is 2.34. The highest BCUT2D eigenvalue weighted by atomic mass is 32.2. The van der Waals surface area contributed by atoms with E-state index < -0.39 is 23.7 Å². The SMILES string of the molecule is CC[C@H](C)OC(=O)CN1C(=O)S/C(=C\c2ccc(OCC(C)C)c(OC)c2)C1=O. The third kappa shape index (κ3) is 6.25. The molecule has 1 heterocycles. The fourth-order valence-corrected chi connectivity index (χ4v) is 3.25. The molecule has 2 rings (SSSR count). The first kappa shape index (κ1) is 22.8. The van der Waals surface area contributed by atoms with Crippen molar-refractivity contribution in [3.63, 3.8) is 0 Å². The van der Waals surface area contributed by atoms with Crippen molar-refractivity contribution in [2.45, 2.75) is 40.2 Å². The minimum Gasteiger partial charge on any atom is -0.493 e. The Morgan fingerprint density at radius 3 is 2.55 bits per heavy atom. The van der Waals surface area contributed by atoms with E-state index >= 15 is 0 Å². The smallest absolute Gasteiger partial charge is 0.326 e. The summed E-state index contributed by atoms with van der Waals surface area (Å²) in [6.07, 6.45) is 1.99. The number of thioether (sulfide) groups is 1. The number of carbonyl (C=O) groups is 3. The molecule has 0 N–H and O–H groups in total. The van der Waals surface area contributed by atoms with Crippen molar-refractivity contribution in [1.29, 1.82) is 0 Å². The normalized spacial score (nSPS) is 16.5. The number of hydrogen-bond acceptors (Lipinski definition) is 7. The standard InChI is InChI=1S/C21H27NO6S/c1-6-14(4)28-19(23)11-22-20(24)18(29-21(22)25)10-15-7-8-16(17(9-15)26-5)27-12-13(2)3/h7-10,13-14H,6,11-12H2,1-5H3/b18-10-/t14-/m0/s1. The quantitative estimate of drug-likeness (QED) is 0.438. The van der Waals surface area contributed by atoms with E-state index in [0.717, 1.165) is 16.7 Å². The molecule has 1 aliphatic rings. The lowest BCUT2D eigenvalue weighted by Crippen LogP contribution is -2.35. The Balaban J connectivity index is 2.13. The lowest BCUT2D eigenvalue weighted by molar-refractivity contribution is -0.150. The highest BCUT2D eigenvalue weighted by molar-refractivity contribution is 8.18. The fraction of sp³-hybridized carbons (Fsp3) is 0.476. The Kier molecular flexibility index (Phi) is 8.13. The first-order chi connectivity index (χ1) is 13.7. The van der Waals surface area contributed by atoms with Crippen molar-refractivity contribution in [2.24, 2.45) is 5.92 Å². The van der Waals surface area contributed by atoms with Crippen LogP contribution in [0.3, 0.4) is 0 Å². The Morgan fingerprint density at radius 2 is 1.93 bits per heavy atom. The second kappa shape index (κ2) is 10.3. The van der Waals surface area contributed by atoms with Crippen LogP contribution in [-0.4, -0.2) is 48.4 Å². The summed E-state index contributed by atoms with van der Waals surface area (Å²) in [7, 11) is 1.54. The van der Waals surface area contributed by atoms with Gasteiger partial charge in [0, 0.05) is 0 Å². The van der Waals surface area contributed by atoms with Gasteiger partial charge in [-0.05, 0) is 54.8 Å². The lowest BCUT2D eigenvalue weighted by atomic mass is 10.1. The molecule has 0 saturated carbocycles. The molecular weight excluding hydrogens is 394 g/mol. The number of esters is 1. The number of imide groups is 1. The summed E-state index contributed by atoms with van der Waals surface area (Å²) >= 11 is 0.794. The van der Waals surface area contributed by atoms with E-state index in [2.05, 4.69) is 13.8 Å². The maximum atomic E-state index is 12.6. The minimum atomic E-state index is -0.601. The van der Waals surface area contributed by atoms with Crippen LogP contribution in [0.4, 0.5) is 4.79 Å². The molecule has 1 fully saturated rings. The molecule has 1 aliphatic heterocycles. The minimum absolute atomic E-state index is 0.240. The van der Waals surface area contributed by atoms with Gasteiger partial charge in [0.1, 0.15) is 6.54 Å². The Labute approximate surface area is 175 Å². The number of methoxy groups -OCH3 is 1. The first-order valence-electron chi connectivity index (χ1n) is 9.50. The molecular formula is C21H27NO6S.